The molecular weight excluding hydrogens is 274 g/mol. The molecule has 0 aromatic heterocycles. The molecule has 1 unspecified atom stereocenters. The van der Waals surface area contributed by atoms with Gasteiger partial charge in [-0.25, -0.2) is 0 Å². The maximum atomic E-state index is 12.3. The highest BCUT2D eigenvalue weighted by molar-refractivity contribution is 7.99. The van der Waals surface area contributed by atoms with Crippen LogP contribution in [0.5, 0.6) is 0 Å². The first-order chi connectivity index (χ1) is 9.37. The van der Waals surface area contributed by atoms with Crippen LogP contribution in [0.1, 0.15) is 27.2 Å². The van der Waals surface area contributed by atoms with Crippen molar-refractivity contribution >= 4 is 23.6 Å². The molecule has 1 N–H and O–H groups in total. The average molecular weight is 299 g/mol. The number of hydrogen-bond donors (Lipinski definition) is 1. The Morgan fingerprint density at radius 1 is 1.15 bits per heavy atom. The smallest absolute Gasteiger partial charge is 0.240 e. The Hall–Kier alpha value is -0.750. The second-order valence-corrected chi connectivity index (χ2v) is 7.75. The highest BCUT2D eigenvalue weighted by Crippen LogP contribution is 2.20. The normalized spacial score (nSPS) is 24.1. The molecule has 114 valence electrons. The van der Waals surface area contributed by atoms with Gasteiger partial charge < -0.3 is 9.80 Å². The number of nitrogens with one attached hydrogen (secondary N) is 1. The first-order valence-corrected chi connectivity index (χ1v) is 8.40. The lowest BCUT2D eigenvalue weighted by atomic mass is 9.91. The number of carbonyl (C=O) groups is 2. The van der Waals surface area contributed by atoms with Gasteiger partial charge in [0.2, 0.25) is 11.8 Å². The molecule has 0 aromatic carbocycles. The minimum absolute atomic E-state index is 0.0228. The molecule has 0 spiro atoms. The minimum atomic E-state index is -0.0307. The van der Waals surface area contributed by atoms with Crippen molar-refractivity contribution in [3.05, 3.63) is 0 Å². The Labute approximate surface area is 125 Å². The number of thioether (sulfide) groups is 1. The Morgan fingerprint density at radius 3 is 2.25 bits per heavy atom. The monoisotopic (exact) mass is 299 g/mol. The van der Waals surface area contributed by atoms with E-state index in [4.69, 9.17) is 0 Å². The third-order valence-corrected chi connectivity index (χ3v) is 4.58. The van der Waals surface area contributed by atoms with Crippen LogP contribution in [0.3, 0.4) is 0 Å². The van der Waals surface area contributed by atoms with Gasteiger partial charge in [-0.2, -0.15) is 0 Å². The van der Waals surface area contributed by atoms with Gasteiger partial charge in [0.05, 0.1) is 6.04 Å². The summed E-state index contributed by atoms with van der Waals surface area (Å²) < 4.78 is 0. The molecule has 2 saturated heterocycles. The van der Waals surface area contributed by atoms with Crippen LogP contribution in [-0.4, -0.2) is 65.5 Å². The van der Waals surface area contributed by atoms with Crippen molar-refractivity contribution < 1.29 is 9.59 Å². The van der Waals surface area contributed by atoms with Crippen LogP contribution >= 0.6 is 11.8 Å². The predicted molar refractivity (Wildman–Crippen MR) is 81.5 cm³/mol. The maximum Gasteiger partial charge on any atom is 0.240 e. The molecule has 0 aromatic rings. The van der Waals surface area contributed by atoms with Gasteiger partial charge in [-0.15, -0.1) is 11.8 Å². The average Bonchev–Trinajstić information content (AvgIpc) is 2.90. The van der Waals surface area contributed by atoms with Crippen LogP contribution in [-0.2, 0) is 9.59 Å². The van der Waals surface area contributed by atoms with Crippen molar-refractivity contribution in [2.75, 3.05) is 37.8 Å². The van der Waals surface area contributed by atoms with E-state index in [1.165, 1.54) is 0 Å². The zero-order chi connectivity index (χ0) is 14.8. The minimum Gasteiger partial charge on any atom is -0.339 e. The fourth-order valence-corrected chi connectivity index (χ4v) is 3.45. The lowest BCUT2D eigenvalue weighted by molar-refractivity contribution is -0.141. The van der Waals surface area contributed by atoms with E-state index in [0.717, 1.165) is 11.6 Å². The summed E-state index contributed by atoms with van der Waals surface area (Å²) >= 11 is 1.76. The first-order valence-electron chi connectivity index (χ1n) is 7.24. The van der Waals surface area contributed by atoms with Gasteiger partial charge in [-0.3, -0.25) is 14.9 Å². The Balaban J connectivity index is 1.80. The summed E-state index contributed by atoms with van der Waals surface area (Å²) in [5.41, 5.74) is 0.0228. The van der Waals surface area contributed by atoms with E-state index < -0.39 is 0 Å². The fourth-order valence-electron chi connectivity index (χ4n) is 2.52. The zero-order valence-electron chi connectivity index (χ0n) is 12.6. The Bertz CT molecular complexity index is 367. The van der Waals surface area contributed by atoms with Crippen LogP contribution < -0.4 is 5.32 Å². The van der Waals surface area contributed by atoms with Gasteiger partial charge in [0.15, 0.2) is 0 Å². The van der Waals surface area contributed by atoms with Crippen molar-refractivity contribution in [1.29, 1.82) is 0 Å². The SMILES string of the molecule is CC(C)(C)CC(=O)N1CCN(C(=O)C2CSCN2)CC1. The standard InChI is InChI=1S/C14H25N3O2S/c1-14(2,3)8-12(18)16-4-6-17(7-5-16)13(19)11-9-20-10-15-11/h11,15H,4-10H2,1-3H3. The number of hydrogen-bond acceptors (Lipinski definition) is 4. The van der Waals surface area contributed by atoms with Gasteiger partial charge >= 0.3 is 0 Å². The van der Waals surface area contributed by atoms with Crippen LogP contribution in [0.2, 0.25) is 0 Å². The molecule has 0 bridgehead atoms. The number of carbonyl (C=O) groups excluding carboxylic acids is 2. The van der Waals surface area contributed by atoms with E-state index in [1.807, 2.05) is 9.80 Å². The van der Waals surface area contributed by atoms with Crippen molar-refractivity contribution in [2.24, 2.45) is 5.41 Å². The van der Waals surface area contributed by atoms with Crippen LogP contribution in [0.4, 0.5) is 0 Å². The van der Waals surface area contributed by atoms with E-state index in [-0.39, 0.29) is 23.3 Å². The Kier molecular flexibility index (Phi) is 4.96. The quantitative estimate of drug-likeness (QED) is 0.818. The van der Waals surface area contributed by atoms with Gasteiger partial charge in [0.1, 0.15) is 0 Å². The maximum absolute atomic E-state index is 12.3. The fraction of sp³-hybridized carbons (Fsp3) is 0.857. The van der Waals surface area contributed by atoms with E-state index in [1.54, 1.807) is 11.8 Å². The summed E-state index contributed by atoms with van der Waals surface area (Å²) in [5.74, 6) is 2.12. The van der Waals surface area contributed by atoms with Crippen molar-refractivity contribution in [3.63, 3.8) is 0 Å². The summed E-state index contributed by atoms with van der Waals surface area (Å²) in [6, 6.07) is -0.0307. The number of piperazine rings is 1. The second kappa shape index (κ2) is 6.35. The van der Waals surface area contributed by atoms with E-state index in [0.29, 0.717) is 32.6 Å². The predicted octanol–water partition coefficient (Wildman–Crippen LogP) is 0.756. The summed E-state index contributed by atoms with van der Waals surface area (Å²) in [4.78, 5) is 28.2. The lowest BCUT2D eigenvalue weighted by Crippen LogP contribution is -2.54. The number of rotatable bonds is 2. The molecule has 2 rings (SSSR count). The summed E-state index contributed by atoms with van der Waals surface area (Å²) in [7, 11) is 0. The molecule has 0 saturated carbocycles. The Morgan fingerprint density at radius 2 is 1.75 bits per heavy atom. The molecule has 0 radical (unpaired) electrons. The van der Waals surface area contributed by atoms with Crippen LogP contribution in [0.25, 0.3) is 0 Å². The molecule has 5 nitrogen and oxygen atoms in total. The highest BCUT2D eigenvalue weighted by atomic mass is 32.2. The molecule has 2 fully saturated rings. The molecule has 1 atom stereocenters. The van der Waals surface area contributed by atoms with Gasteiger partial charge in [0, 0.05) is 44.2 Å². The summed E-state index contributed by atoms with van der Waals surface area (Å²) in [6.45, 7) is 8.90. The highest BCUT2D eigenvalue weighted by Gasteiger charge is 2.31. The molecule has 2 aliphatic heterocycles. The summed E-state index contributed by atoms with van der Waals surface area (Å²) in [6.07, 6.45) is 0.571. The molecule has 20 heavy (non-hydrogen) atoms. The van der Waals surface area contributed by atoms with E-state index >= 15 is 0 Å². The largest absolute Gasteiger partial charge is 0.339 e. The third-order valence-electron chi connectivity index (χ3n) is 3.64. The van der Waals surface area contributed by atoms with Crippen molar-refractivity contribution in [2.45, 2.75) is 33.2 Å². The van der Waals surface area contributed by atoms with E-state index in [9.17, 15) is 9.59 Å². The van der Waals surface area contributed by atoms with Crippen LogP contribution in [0.15, 0.2) is 0 Å². The molecule has 2 aliphatic rings. The van der Waals surface area contributed by atoms with Gasteiger partial charge in [-0.05, 0) is 5.41 Å². The van der Waals surface area contributed by atoms with Gasteiger partial charge in [0.25, 0.3) is 0 Å². The van der Waals surface area contributed by atoms with E-state index in [2.05, 4.69) is 26.1 Å². The van der Waals surface area contributed by atoms with Crippen molar-refractivity contribution in [1.82, 2.24) is 15.1 Å². The van der Waals surface area contributed by atoms with Gasteiger partial charge in [-0.1, -0.05) is 20.8 Å². The van der Waals surface area contributed by atoms with Crippen molar-refractivity contribution in [3.8, 4) is 0 Å². The van der Waals surface area contributed by atoms with Crippen LogP contribution in [0, 0.1) is 5.41 Å². The summed E-state index contributed by atoms with van der Waals surface area (Å²) in [5, 5.41) is 3.21. The first kappa shape index (κ1) is 15.6. The number of amides is 2. The third kappa shape index (κ3) is 4.12. The molecular formula is C14H25N3O2S. The molecule has 0 aliphatic carbocycles. The zero-order valence-corrected chi connectivity index (χ0v) is 13.5. The lowest BCUT2D eigenvalue weighted by Gasteiger charge is -2.36. The topological polar surface area (TPSA) is 52.7 Å². The number of nitrogens with zero attached hydrogens (tertiary/aromatic N) is 2. The molecule has 2 amide bonds. The second-order valence-electron chi connectivity index (χ2n) is 6.72. The molecule has 2 heterocycles. The molecule has 6 heteroatoms.